The molecule has 0 fully saturated rings. The Bertz CT molecular complexity index is 388. The van der Waals surface area contributed by atoms with Crippen LogP contribution in [0.1, 0.15) is 43.4 Å². The highest BCUT2D eigenvalue weighted by Gasteiger charge is 2.25. The lowest BCUT2D eigenvalue weighted by molar-refractivity contribution is 0.155. The van der Waals surface area contributed by atoms with Crippen LogP contribution in [0.2, 0.25) is 0 Å². The topological polar surface area (TPSA) is 21.3 Å². The monoisotopic (exact) mass is 311 g/mol. The quantitative estimate of drug-likeness (QED) is 0.862. The normalized spacial score (nSPS) is 19.8. The molecule has 0 radical (unpaired) electrons. The van der Waals surface area contributed by atoms with E-state index in [1.165, 1.54) is 41.3 Å². The van der Waals surface area contributed by atoms with Crippen LogP contribution in [0, 0.1) is 0 Å². The first kappa shape index (κ1) is 14.0. The molecule has 2 unspecified atom stereocenters. The number of rotatable bonds is 6. The van der Waals surface area contributed by atoms with Crippen molar-refractivity contribution in [2.24, 2.45) is 0 Å². The first-order chi connectivity index (χ1) is 8.76. The number of halogens is 1. The van der Waals surface area contributed by atoms with Crippen molar-refractivity contribution in [2.75, 3.05) is 13.7 Å². The molecule has 0 spiro atoms. The van der Waals surface area contributed by atoms with Gasteiger partial charge in [-0.15, -0.1) is 0 Å². The van der Waals surface area contributed by atoms with E-state index in [4.69, 9.17) is 4.74 Å². The van der Waals surface area contributed by atoms with Gasteiger partial charge in [-0.3, -0.25) is 0 Å². The van der Waals surface area contributed by atoms with Gasteiger partial charge < -0.3 is 10.1 Å². The van der Waals surface area contributed by atoms with E-state index in [9.17, 15) is 0 Å². The highest BCUT2D eigenvalue weighted by molar-refractivity contribution is 9.10. The minimum Gasteiger partial charge on any atom is -0.383 e. The second-order valence-electron chi connectivity index (χ2n) is 5.01. The molecule has 1 aromatic carbocycles. The van der Waals surface area contributed by atoms with Crippen LogP contribution in [0.3, 0.4) is 0 Å². The number of methoxy groups -OCH3 is 1. The Balaban J connectivity index is 2.06. The summed E-state index contributed by atoms with van der Waals surface area (Å²) in [6.07, 6.45) is 4.73. The third-order valence-electron chi connectivity index (χ3n) is 3.66. The minimum absolute atomic E-state index is 0.468. The predicted octanol–water partition coefficient (Wildman–Crippen LogP) is 3.84. The SMILES string of the molecule is CCCC(COC)NC1CCc2c(Br)cccc21. The Morgan fingerprint density at radius 3 is 3.06 bits per heavy atom. The fraction of sp³-hybridized carbons (Fsp3) is 0.600. The van der Waals surface area contributed by atoms with Crippen LogP contribution in [-0.2, 0) is 11.2 Å². The third kappa shape index (κ3) is 3.14. The van der Waals surface area contributed by atoms with Crippen molar-refractivity contribution in [2.45, 2.75) is 44.7 Å². The molecule has 2 rings (SSSR count). The highest BCUT2D eigenvalue weighted by Crippen LogP contribution is 2.35. The smallest absolute Gasteiger partial charge is 0.0616 e. The van der Waals surface area contributed by atoms with Gasteiger partial charge in [0.15, 0.2) is 0 Å². The summed E-state index contributed by atoms with van der Waals surface area (Å²) in [5.41, 5.74) is 2.93. The average Bonchev–Trinajstić information content (AvgIpc) is 2.75. The number of fused-ring (bicyclic) bond motifs is 1. The summed E-state index contributed by atoms with van der Waals surface area (Å²) in [5, 5.41) is 3.76. The summed E-state index contributed by atoms with van der Waals surface area (Å²) >= 11 is 3.65. The number of ether oxygens (including phenoxy) is 1. The molecule has 100 valence electrons. The standard InChI is InChI=1S/C15H22BrNO/c1-3-5-11(10-18-2)17-15-9-8-12-13(15)6-4-7-14(12)16/h4,6-7,11,15,17H,3,5,8-10H2,1-2H3. The second-order valence-corrected chi connectivity index (χ2v) is 5.86. The van der Waals surface area contributed by atoms with Crippen LogP contribution < -0.4 is 5.32 Å². The molecule has 1 N–H and O–H groups in total. The number of hydrogen-bond donors (Lipinski definition) is 1. The van der Waals surface area contributed by atoms with Crippen LogP contribution in [0.4, 0.5) is 0 Å². The molecule has 1 aliphatic rings. The summed E-state index contributed by atoms with van der Waals surface area (Å²) in [6, 6.07) is 7.48. The maximum absolute atomic E-state index is 5.31. The van der Waals surface area contributed by atoms with Crippen LogP contribution in [0.15, 0.2) is 22.7 Å². The molecule has 2 nitrogen and oxygen atoms in total. The fourth-order valence-corrected chi connectivity index (χ4v) is 3.41. The third-order valence-corrected chi connectivity index (χ3v) is 4.40. The maximum Gasteiger partial charge on any atom is 0.0616 e. The van der Waals surface area contributed by atoms with Gasteiger partial charge in [0.25, 0.3) is 0 Å². The zero-order chi connectivity index (χ0) is 13.0. The van der Waals surface area contributed by atoms with Gasteiger partial charge in [-0.25, -0.2) is 0 Å². The Morgan fingerprint density at radius 1 is 1.50 bits per heavy atom. The average molecular weight is 312 g/mol. The summed E-state index contributed by atoms with van der Waals surface area (Å²) < 4.78 is 6.56. The van der Waals surface area contributed by atoms with E-state index in [1.807, 2.05) is 0 Å². The molecule has 1 aromatic rings. The summed E-state index contributed by atoms with van der Waals surface area (Å²) in [6.45, 7) is 3.02. The number of benzene rings is 1. The summed E-state index contributed by atoms with van der Waals surface area (Å²) in [4.78, 5) is 0. The second kappa shape index (κ2) is 6.69. The van der Waals surface area contributed by atoms with Gasteiger partial charge in [-0.2, -0.15) is 0 Å². The van der Waals surface area contributed by atoms with Gasteiger partial charge in [0.05, 0.1) is 6.61 Å². The zero-order valence-electron chi connectivity index (χ0n) is 11.2. The molecule has 0 saturated carbocycles. The van der Waals surface area contributed by atoms with Crippen molar-refractivity contribution in [3.63, 3.8) is 0 Å². The fourth-order valence-electron chi connectivity index (χ4n) is 2.83. The van der Waals surface area contributed by atoms with Crippen LogP contribution >= 0.6 is 15.9 Å². The van der Waals surface area contributed by atoms with Crippen molar-refractivity contribution in [1.82, 2.24) is 5.32 Å². The van der Waals surface area contributed by atoms with E-state index < -0.39 is 0 Å². The first-order valence-electron chi connectivity index (χ1n) is 6.78. The number of hydrogen-bond acceptors (Lipinski definition) is 2. The summed E-state index contributed by atoms with van der Waals surface area (Å²) in [7, 11) is 1.78. The van der Waals surface area contributed by atoms with Gasteiger partial charge >= 0.3 is 0 Å². The van der Waals surface area contributed by atoms with E-state index in [2.05, 4.69) is 46.4 Å². The largest absolute Gasteiger partial charge is 0.383 e. The lowest BCUT2D eigenvalue weighted by Gasteiger charge is -2.23. The van der Waals surface area contributed by atoms with Crippen molar-refractivity contribution < 1.29 is 4.74 Å². The van der Waals surface area contributed by atoms with Crippen molar-refractivity contribution in [3.05, 3.63) is 33.8 Å². The molecule has 0 aromatic heterocycles. The van der Waals surface area contributed by atoms with Crippen LogP contribution in [0.5, 0.6) is 0 Å². The maximum atomic E-state index is 5.31. The molecule has 3 heteroatoms. The van der Waals surface area contributed by atoms with Gasteiger partial charge in [-0.05, 0) is 36.5 Å². The Kier molecular flexibility index (Phi) is 5.22. The number of nitrogens with one attached hydrogen (secondary N) is 1. The van der Waals surface area contributed by atoms with Gasteiger partial charge in [0.2, 0.25) is 0 Å². The molecule has 0 bridgehead atoms. The lowest BCUT2D eigenvalue weighted by Crippen LogP contribution is -2.35. The Morgan fingerprint density at radius 2 is 2.33 bits per heavy atom. The molecule has 18 heavy (non-hydrogen) atoms. The Labute approximate surface area is 118 Å². The van der Waals surface area contributed by atoms with E-state index in [0.717, 1.165) is 6.61 Å². The van der Waals surface area contributed by atoms with E-state index >= 15 is 0 Å². The molecular weight excluding hydrogens is 290 g/mol. The molecule has 0 amide bonds. The summed E-state index contributed by atoms with van der Waals surface area (Å²) in [5.74, 6) is 0. The van der Waals surface area contributed by atoms with E-state index in [0.29, 0.717) is 12.1 Å². The van der Waals surface area contributed by atoms with Crippen LogP contribution in [-0.4, -0.2) is 19.8 Å². The zero-order valence-corrected chi connectivity index (χ0v) is 12.8. The highest BCUT2D eigenvalue weighted by atomic mass is 79.9. The molecule has 0 heterocycles. The predicted molar refractivity (Wildman–Crippen MR) is 78.9 cm³/mol. The van der Waals surface area contributed by atoms with Crippen molar-refractivity contribution in [1.29, 1.82) is 0 Å². The minimum atomic E-state index is 0.468. The Hall–Kier alpha value is -0.380. The molecule has 0 aliphatic heterocycles. The molecular formula is C15H22BrNO. The first-order valence-corrected chi connectivity index (χ1v) is 7.57. The molecule has 2 atom stereocenters. The van der Waals surface area contributed by atoms with E-state index in [1.54, 1.807) is 7.11 Å². The van der Waals surface area contributed by atoms with E-state index in [-0.39, 0.29) is 0 Å². The van der Waals surface area contributed by atoms with Crippen molar-refractivity contribution >= 4 is 15.9 Å². The lowest BCUT2D eigenvalue weighted by atomic mass is 10.1. The van der Waals surface area contributed by atoms with Crippen LogP contribution in [0.25, 0.3) is 0 Å². The van der Waals surface area contributed by atoms with Crippen molar-refractivity contribution in [3.8, 4) is 0 Å². The molecule has 0 saturated heterocycles. The van der Waals surface area contributed by atoms with Gasteiger partial charge in [-0.1, -0.05) is 41.4 Å². The molecule has 1 aliphatic carbocycles. The van der Waals surface area contributed by atoms with Gasteiger partial charge in [0.1, 0.15) is 0 Å². The van der Waals surface area contributed by atoms with Gasteiger partial charge in [0, 0.05) is 23.7 Å².